The van der Waals surface area contributed by atoms with E-state index in [9.17, 15) is 4.79 Å². The minimum atomic E-state index is 0.0609. The number of hydrogen-bond donors (Lipinski definition) is 0. The fourth-order valence-electron chi connectivity index (χ4n) is 1.61. The molecule has 2 aromatic rings. The first kappa shape index (κ1) is 12.4. The molecule has 4 heteroatoms. The molecule has 0 amide bonds. The Balaban J connectivity index is 1.95. The Morgan fingerprint density at radius 3 is 2.61 bits per heavy atom. The lowest BCUT2D eigenvalue weighted by Crippen LogP contribution is -1.96. The Kier molecular flexibility index (Phi) is 3.77. The molecule has 0 bridgehead atoms. The van der Waals surface area contributed by atoms with Crippen LogP contribution in [0.15, 0.2) is 36.7 Å². The SMILES string of the molecule is CCn1cc(COc2ccc(C(C)=O)cc2)cn1. The molecule has 1 heterocycles. The first-order valence-electron chi connectivity index (χ1n) is 5.94. The molecule has 0 spiro atoms. The molecule has 0 fully saturated rings. The molecule has 4 nitrogen and oxygen atoms in total. The van der Waals surface area contributed by atoms with Gasteiger partial charge in [0, 0.05) is 23.9 Å². The van der Waals surface area contributed by atoms with Gasteiger partial charge >= 0.3 is 0 Å². The van der Waals surface area contributed by atoms with E-state index in [1.807, 2.05) is 17.8 Å². The number of Topliss-reactive ketones (excluding diaryl/α,β-unsaturated/α-hetero) is 1. The maximum absolute atomic E-state index is 11.1. The van der Waals surface area contributed by atoms with Crippen LogP contribution in [0.1, 0.15) is 29.8 Å². The molecule has 1 aromatic carbocycles. The van der Waals surface area contributed by atoms with Crippen LogP contribution in [-0.4, -0.2) is 15.6 Å². The van der Waals surface area contributed by atoms with Gasteiger partial charge in [-0.15, -0.1) is 0 Å². The number of nitrogens with zero attached hydrogens (tertiary/aromatic N) is 2. The van der Waals surface area contributed by atoms with Crippen LogP contribution in [0, 0.1) is 0 Å². The fourth-order valence-corrected chi connectivity index (χ4v) is 1.61. The summed E-state index contributed by atoms with van der Waals surface area (Å²) in [6.45, 7) is 4.93. The molecule has 0 atom stereocenters. The maximum Gasteiger partial charge on any atom is 0.159 e. The van der Waals surface area contributed by atoms with Crippen LogP contribution in [0.3, 0.4) is 0 Å². The minimum Gasteiger partial charge on any atom is -0.489 e. The van der Waals surface area contributed by atoms with Gasteiger partial charge in [-0.05, 0) is 38.1 Å². The summed E-state index contributed by atoms with van der Waals surface area (Å²) >= 11 is 0. The Morgan fingerprint density at radius 1 is 1.33 bits per heavy atom. The topological polar surface area (TPSA) is 44.1 Å². The van der Waals surface area contributed by atoms with E-state index >= 15 is 0 Å². The number of carbonyl (C=O) groups is 1. The van der Waals surface area contributed by atoms with Crippen molar-refractivity contribution < 1.29 is 9.53 Å². The molecular formula is C14H16N2O2. The second-order valence-corrected chi connectivity index (χ2v) is 4.07. The van der Waals surface area contributed by atoms with Crippen LogP contribution in [0.5, 0.6) is 5.75 Å². The van der Waals surface area contributed by atoms with Gasteiger partial charge in [-0.2, -0.15) is 5.10 Å². The van der Waals surface area contributed by atoms with Crippen LogP contribution >= 0.6 is 0 Å². The maximum atomic E-state index is 11.1. The second kappa shape index (κ2) is 5.49. The number of carbonyl (C=O) groups excluding carboxylic acids is 1. The molecular weight excluding hydrogens is 228 g/mol. The first-order chi connectivity index (χ1) is 8.69. The molecule has 0 aliphatic heterocycles. The smallest absolute Gasteiger partial charge is 0.159 e. The molecule has 94 valence electrons. The standard InChI is InChI=1S/C14H16N2O2/c1-3-16-9-12(8-15-16)10-18-14-6-4-13(5-7-14)11(2)17/h4-9H,3,10H2,1-2H3. The van der Waals surface area contributed by atoms with Gasteiger partial charge in [-0.3, -0.25) is 9.48 Å². The number of ketones is 1. The van der Waals surface area contributed by atoms with Crippen molar-refractivity contribution in [3.8, 4) is 5.75 Å². The quantitative estimate of drug-likeness (QED) is 0.759. The van der Waals surface area contributed by atoms with E-state index in [4.69, 9.17) is 4.74 Å². The number of ether oxygens (including phenoxy) is 1. The number of aryl methyl sites for hydroxylation is 1. The van der Waals surface area contributed by atoms with Crippen LogP contribution in [0.2, 0.25) is 0 Å². The Morgan fingerprint density at radius 2 is 2.06 bits per heavy atom. The van der Waals surface area contributed by atoms with Crippen molar-refractivity contribution in [2.75, 3.05) is 0 Å². The first-order valence-corrected chi connectivity index (χ1v) is 5.94. The van der Waals surface area contributed by atoms with Gasteiger partial charge in [0.2, 0.25) is 0 Å². The van der Waals surface area contributed by atoms with E-state index in [0.29, 0.717) is 12.2 Å². The van der Waals surface area contributed by atoms with Crippen molar-refractivity contribution in [1.29, 1.82) is 0 Å². The van der Waals surface area contributed by atoms with Gasteiger partial charge in [0.25, 0.3) is 0 Å². The summed E-state index contributed by atoms with van der Waals surface area (Å²) in [5, 5.41) is 4.18. The van der Waals surface area contributed by atoms with Gasteiger partial charge < -0.3 is 4.74 Å². The van der Waals surface area contributed by atoms with E-state index in [1.54, 1.807) is 37.4 Å². The zero-order valence-electron chi connectivity index (χ0n) is 10.6. The van der Waals surface area contributed by atoms with Gasteiger partial charge in [0.1, 0.15) is 12.4 Å². The van der Waals surface area contributed by atoms with Crippen LogP contribution in [-0.2, 0) is 13.2 Å². The van der Waals surface area contributed by atoms with Crippen molar-refractivity contribution in [1.82, 2.24) is 9.78 Å². The normalized spacial score (nSPS) is 10.3. The average molecular weight is 244 g/mol. The third kappa shape index (κ3) is 2.97. The molecule has 0 radical (unpaired) electrons. The van der Waals surface area contributed by atoms with Gasteiger partial charge in [0.05, 0.1) is 6.20 Å². The van der Waals surface area contributed by atoms with Crippen LogP contribution < -0.4 is 4.74 Å². The Labute approximate surface area is 106 Å². The lowest BCUT2D eigenvalue weighted by Gasteiger charge is -2.04. The summed E-state index contributed by atoms with van der Waals surface area (Å²) in [6.07, 6.45) is 3.76. The zero-order valence-corrected chi connectivity index (χ0v) is 10.6. The fraction of sp³-hybridized carbons (Fsp3) is 0.286. The summed E-state index contributed by atoms with van der Waals surface area (Å²) in [6, 6.07) is 7.15. The highest BCUT2D eigenvalue weighted by atomic mass is 16.5. The number of benzene rings is 1. The summed E-state index contributed by atoms with van der Waals surface area (Å²) in [4.78, 5) is 11.1. The van der Waals surface area contributed by atoms with Gasteiger partial charge in [-0.25, -0.2) is 0 Å². The second-order valence-electron chi connectivity index (χ2n) is 4.07. The summed E-state index contributed by atoms with van der Waals surface area (Å²) in [7, 11) is 0. The number of rotatable bonds is 5. The largest absolute Gasteiger partial charge is 0.489 e. The van der Waals surface area contributed by atoms with E-state index in [1.165, 1.54) is 0 Å². The van der Waals surface area contributed by atoms with Crippen LogP contribution in [0.25, 0.3) is 0 Å². The highest BCUT2D eigenvalue weighted by Gasteiger charge is 2.01. The van der Waals surface area contributed by atoms with Crippen LogP contribution in [0.4, 0.5) is 0 Å². The monoisotopic (exact) mass is 244 g/mol. The molecule has 0 saturated heterocycles. The number of hydrogen-bond acceptors (Lipinski definition) is 3. The molecule has 2 rings (SSSR count). The van der Waals surface area contributed by atoms with E-state index in [2.05, 4.69) is 5.10 Å². The molecule has 0 N–H and O–H groups in total. The minimum absolute atomic E-state index is 0.0609. The zero-order chi connectivity index (χ0) is 13.0. The highest BCUT2D eigenvalue weighted by Crippen LogP contribution is 2.14. The van der Waals surface area contributed by atoms with Crippen molar-refractivity contribution in [2.24, 2.45) is 0 Å². The van der Waals surface area contributed by atoms with E-state index < -0.39 is 0 Å². The van der Waals surface area contributed by atoms with E-state index in [0.717, 1.165) is 17.9 Å². The predicted molar refractivity (Wildman–Crippen MR) is 68.7 cm³/mol. The van der Waals surface area contributed by atoms with Gasteiger partial charge in [0.15, 0.2) is 5.78 Å². The Hall–Kier alpha value is -2.10. The molecule has 0 saturated carbocycles. The Bertz CT molecular complexity index is 529. The van der Waals surface area contributed by atoms with Crippen molar-refractivity contribution >= 4 is 5.78 Å². The van der Waals surface area contributed by atoms with Gasteiger partial charge in [-0.1, -0.05) is 0 Å². The van der Waals surface area contributed by atoms with Crippen molar-refractivity contribution in [2.45, 2.75) is 27.0 Å². The summed E-state index contributed by atoms with van der Waals surface area (Å²) in [5.41, 5.74) is 1.73. The van der Waals surface area contributed by atoms with E-state index in [-0.39, 0.29) is 5.78 Å². The van der Waals surface area contributed by atoms with Crippen molar-refractivity contribution in [3.63, 3.8) is 0 Å². The highest BCUT2D eigenvalue weighted by molar-refractivity contribution is 5.94. The molecule has 1 aromatic heterocycles. The molecule has 0 unspecified atom stereocenters. The lowest BCUT2D eigenvalue weighted by molar-refractivity contribution is 0.101. The predicted octanol–water partition coefficient (Wildman–Crippen LogP) is 2.68. The van der Waals surface area contributed by atoms with Crippen molar-refractivity contribution in [3.05, 3.63) is 47.8 Å². The summed E-state index contributed by atoms with van der Waals surface area (Å²) < 4.78 is 7.48. The average Bonchev–Trinajstić information content (AvgIpc) is 2.85. The number of aromatic nitrogens is 2. The lowest BCUT2D eigenvalue weighted by atomic mass is 10.1. The third-order valence-electron chi connectivity index (χ3n) is 2.68. The molecule has 18 heavy (non-hydrogen) atoms. The third-order valence-corrected chi connectivity index (χ3v) is 2.68. The molecule has 0 aliphatic rings. The molecule has 0 aliphatic carbocycles. The summed E-state index contributed by atoms with van der Waals surface area (Å²) in [5.74, 6) is 0.815.